The van der Waals surface area contributed by atoms with Gasteiger partial charge in [-0.25, -0.2) is 29.9 Å². The Labute approximate surface area is 786 Å². The second-order valence-electron chi connectivity index (χ2n) is 33.5. The molecule has 0 aliphatic heterocycles. The molecule has 0 amide bonds. The third kappa shape index (κ3) is 16.5. The number of nitrogens with zero attached hydrogens (tertiary/aromatic N) is 6. The summed E-state index contributed by atoms with van der Waals surface area (Å²) in [4.78, 5) is 33.6. The average Bonchev–Trinajstić information content (AvgIpc) is 1.57. The predicted molar refractivity (Wildman–Crippen MR) is 563 cm³/mol. The minimum Gasteiger partial charge on any atom is -0.247 e. The third-order valence-corrected chi connectivity index (χ3v) is 27.5. The first-order valence-electron chi connectivity index (χ1n) is 45.2. The van der Waals surface area contributed by atoms with Crippen LogP contribution in [0.1, 0.15) is 0 Å². The van der Waals surface area contributed by atoms with Gasteiger partial charge in [-0.1, -0.05) is 425 Å². The molecule has 0 aliphatic rings. The first-order chi connectivity index (χ1) is 66.4. The van der Waals surface area contributed by atoms with Crippen LogP contribution in [0, 0.1) is 0 Å². The molecule has 0 fully saturated rings. The van der Waals surface area contributed by atoms with Gasteiger partial charge in [0.05, 0.1) is 45.2 Å². The van der Waals surface area contributed by atoms with E-state index in [2.05, 4.69) is 437 Å². The molecule has 6 heterocycles. The van der Waals surface area contributed by atoms with E-state index in [0.717, 1.165) is 139 Å². The van der Waals surface area contributed by atoms with Gasteiger partial charge in [-0.05, 0) is 162 Å². The largest absolute Gasteiger partial charge is 0.247 e. The maximum Gasteiger partial charge on any atom is 0.160 e. The number of thiophene rings is 2. The van der Waals surface area contributed by atoms with Gasteiger partial charge in [-0.2, -0.15) is 0 Å². The molecular formula is C126H82N6S2. The van der Waals surface area contributed by atoms with Crippen molar-refractivity contribution in [1.29, 1.82) is 0 Å². The molecule has 0 N–H and O–H groups in total. The lowest BCUT2D eigenvalue weighted by atomic mass is 9.90. The maximum atomic E-state index is 5.48. The van der Waals surface area contributed by atoms with E-state index in [1.165, 1.54) is 91.3 Å². The summed E-state index contributed by atoms with van der Waals surface area (Å²) in [5.41, 5.74) is 36.7. The number of fused-ring (bicyclic) bond motifs is 6. The van der Waals surface area contributed by atoms with Crippen molar-refractivity contribution in [3.8, 4) is 200 Å². The van der Waals surface area contributed by atoms with Crippen LogP contribution in [-0.2, 0) is 0 Å². The van der Waals surface area contributed by atoms with Gasteiger partial charge in [-0.3, -0.25) is 0 Å². The zero-order valence-corrected chi connectivity index (χ0v) is 74.5. The molecule has 24 aromatic rings. The fourth-order valence-electron chi connectivity index (χ4n) is 18.4. The van der Waals surface area contributed by atoms with Crippen LogP contribution < -0.4 is 0 Å². The summed E-state index contributed by atoms with van der Waals surface area (Å²) in [6.07, 6.45) is 0. The SMILES string of the molecule is c1ccc(-c2cc(-c3ccccc3)cc(-c3sc4c(c(-c5ccccc5)nc5ccccc54)c3-c3ccc(-c4ccc(-c5cc(-c6ccccc6)nc(-c6ccccc6)n5)cc4)cc3)c2)cc1.c1ccc(-c2cc(-c3ccccc3)cc(-c3sc4c(c(-c5ccccc5)nc5ccccc54)c3-c3cccc(-c4cccc(-c5cc(-c6ccccc6)nc(-c6ccccc6)n5)c4)c3)c2)cc1. The molecule has 6 aromatic heterocycles. The molecule has 24 rings (SSSR count). The average molecular weight is 1740 g/mol. The van der Waals surface area contributed by atoms with Crippen LogP contribution in [0.15, 0.2) is 497 Å². The van der Waals surface area contributed by atoms with Crippen LogP contribution in [0.25, 0.3) is 242 Å². The lowest BCUT2D eigenvalue weighted by Gasteiger charge is -2.14. The predicted octanol–water partition coefficient (Wildman–Crippen LogP) is 34.5. The zero-order valence-electron chi connectivity index (χ0n) is 72.8. The van der Waals surface area contributed by atoms with Crippen LogP contribution in [0.5, 0.6) is 0 Å². The van der Waals surface area contributed by atoms with E-state index in [0.29, 0.717) is 11.6 Å². The number of hydrogen-bond donors (Lipinski definition) is 0. The molecule has 0 radical (unpaired) electrons. The first kappa shape index (κ1) is 81.4. The summed E-state index contributed by atoms with van der Waals surface area (Å²) in [7, 11) is 0. The second kappa shape index (κ2) is 36.4. The van der Waals surface area contributed by atoms with Crippen LogP contribution in [0.2, 0.25) is 0 Å². The Kier molecular flexibility index (Phi) is 22.1. The van der Waals surface area contributed by atoms with Gasteiger partial charge in [0.2, 0.25) is 0 Å². The molecule has 6 nitrogen and oxygen atoms in total. The Morgan fingerprint density at radius 2 is 0.373 bits per heavy atom. The number of pyridine rings is 2. The van der Waals surface area contributed by atoms with Crippen molar-refractivity contribution in [2.45, 2.75) is 0 Å². The summed E-state index contributed by atoms with van der Waals surface area (Å²) in [5, 5.41) is 4.63. The van der Waals surface area contributed by atoms with Gasteiger partial charge in [-0.15, -0.1) is 22.7 Å². The molecule has 0 bridgehead atoms. The Bertz CT molecular complexity index is 8170. The Hall–Kier alpha value is -17.1. The van der Waals surface area contributed by atoms with Gasteiger partial charge < -0.3 is 0 Å². The summed E-state index contributed by atoms with van der Waals surface area (Å²) in [6.45, 7) is 0. The minimum atomic E-state index is 0.698. The van der Waals surface area contributed by atoms with Crippen molar-refractivity contribution in [2.24, 2.45) is 0 Å². The summed E-state index contributed by atoms with van der Waals surface area (Å²) in [5.74, 6) is 1.40. The van der Waals surface area contributed by atoms with E-state index in [-0.39, 0.29) is 0 Å². The molecule has 0 unspecified atom stereocenters. The smallest absolute Gasteiger partial charge is 0.160 e. The molecule has 0 aliphatic carbocycles. The molecule has 0 atom stereocenters. The van der Waals surface area contributed by atoms with Crippen molar-refractivity contribution in [3.05, 3.63) is 497 Å². The summed E-state index contributed by atoms with van der Waals surface area (Å²) in [6, 6.07) is 176. The van der Waals surface area contributed by atoms with Crippen LogP contribution >= 0.6 is 22.7 Å². The molecule has 628 valence electrons. The molecule has 134 heavy (non-hydrogen) atoms. The third-order valence-electron chi connectivity index (χ3n) is 25.0. The number of para-hydroxylation sites is 2. The Morgan fingerprint density at radius 1 is 0.142 bits per heavy atom. The molecule has 0 spiro atoms. The van der Waals surface area contributed by atoms with Gasteiger partial charge >= 0.3 is 0 Å². The second-order valence-corrected chi connectivity index (χ2v) is 35.5. The molecule has 8 heteroatoms. The minimum absolute atomic E-state index is 0.698. The lowest BCUT2D eigenvalue weighted by molar-refractivity contribution is 1.18. The van der Waals surface area contributed by atoms with E-state index in [9.17, 15) is 0 Å². The van der Waals surface area contributed by atoms with E-state index >= 15 is 0 Å². The number of benzene rings is 18. The van der Waals surface area contributed by atoms with Crippen molar-refractivity contribution in [2.75, 3.05) is 0 Å². The van der Waals surface area contributed by atoms with Crippen LogP contribution in [0.4, 0.5) is 0 Å². The van der Waals surface area contributed by atoms with E-state index < -0.39 is 0 Å². The maximum absolute atomic E-state index is 5.48. The van der Waals surface area contributed by atoms with Crippen molar-refractivity contribution in [3.63, 3.8) is 0 Å². The Balaban J connectivity index is 0.000000151. The van der Waals surface area contributed by atoms with Crippen LogP contribution in [0.3, 0.4) is 0 Å². The van der Waals surface area contributed by atoms with Crippen molar-refractivity contribution in [1.82, 2.24) is 29.9 Å². The van der Waals surface area contributed by atoms with E-state index in [1.54, 1.807) is 0 Å². The normalized spacial score (nSPS) is 11.3. The highest BCUT2D eigenvalue weighted by Crippen LogP contribution is 2.54. The molecule has 0 saturated carbocycles. The summed E-state index contributed by atoms with van der Waals surface area (Å²) >= 11 is 3.73. The Morgan fingerprint density at radius 3 is 0.731 bits per heavy atom. The number of rotatable bonds is 18. The highest BCUT2D eigenvalue weighted by atomic mass is 32.1. The fourth-order valence-corrected chi connectivity index (χ4v) is 21.0. The monoisotopic (exact) mass is 1740 g/mol. The van der Waals surface area contributed by atoms with Gasteiger partial charge in [0, 0.05) is 96.3 Å². The molecule has 0 saturated heterocycles. The van der Waals surface area contributed by atoms with Crippen LogP contribution in [-0.4, -0.2) is 29.9 Å². The van der Waals surface area contributed by atoms with E-state index in [4.69, 9.17) is 29.9 Å². The fraction of sp³-hybridized carbons (Fsp3) is 0. The quantitative estimate of drug-likeness (QED) is 0.0852. The molecular weight excluding hydrogens is 1660 g/mol. The van der Waals surface area contributed by atoms with Crippen molar-refractivity contribution >= 4 is 64.7 Å². The topological polar surface area (TPSA) is 77.3 Å². The first-order valence-corrected chi connectivity index (χ1v) is 46.8. The zero-order chi connectivity index (χ0) is 89.0. The highest BCUT2D eigenvalue weighted by Gasteiger charge is 2.28. The van der Waals surface area contributed by atoms with Gasteiger partial charge in [0.25, 0.3) is 0 Å². The number of hydrogen-bond acceptors (Lipinski definition) is 8. The highest BCUT2D eigenvalue weighted by molar-refractivity contribution is 7.24. The van der Waals surface area contributed by atoms with Gasteiger partial charge in [0.1, 0.15) is 0 Å². The molecule has 18 aromatic carbocycles. The van der Waals surface area contributed by atoms with E-state index in [1.807, 2.05) is 83.3 Å². The summed E-state index contributed by atoms with van der Waals surface area (Å²) < 4.78 is 2.46. The number of aromatic nitrogens is 6. The van der Waals surface area contributed by atoms with Crippen molar-refractivity contribution < 1.29 is 0 Å². The standard InChI is InChI=1S/2C63H41N3S/c1-6-20-42(21-7-1)51-38-52(43-22-8-2-9-23-43)40-53(39-51)61-58(59-60(45-26-12-4-13-27-45)64-55-35-17-16-34-54(55)62(59)67-61)50-33-19-31-48(37-50)47-30-18-32-49(36-47)57-41-56(44-24-10-3-11-25-44)65-63(66-57)46-28-14-5-15-29-46;1-6-18-42(19-7-1)51-38-52(43-20-8-2-9-21-43)40-53(39-51)61-58(59-60(49-24-12-4-13-25-49)64-55-29-17-16-28-54(55)62(59)67-61)48-36-32-45(33-37-48)44-30-34-47(35-31-44)57-41-56(46-22-10-3-11-23-46)65-63(66-57)50-26-14-5-15-27-50/h2*1-41H. The van der Waals surface area contributed by atoms with Gasteiger partial charge in [0.15, 0.2) is 11.6 Å². The lowest BCUT2D eigenvalue weighted by Crippen LogP contribution is -1.96.